The Morgan fingerprint density at radius 2 is 1.88 bits per heavy atom. The van der Waals surface area contributed by atoms with Gasteiger partial charge in [-0.25, -0.2) is 9.78 Å². The first-order valence-electron chi connectivity index (χ1n) is 8.82. The normalized spacial score (nSPS) is 18.6. The number of carbonyl (C=O) groups excluding carboxylic acids is 1. The lowest BCUT2D eigenvalue weighted by atomic mass is 10.1. The highest BCUT2D eigenvalue weighted by Gasteiger charge is 2.26. The number of ether oxygens (including phenoxy) is 2. The van der Waals surface area contributed by atoms with Gasteiger partial charge in [-0.2, -0.15) is 0 Å². The van der Waals surface area contributed by atoms with Crippen molar-refractivity contribution in [2.45, 2.75) is 39.2 Å². The van der Waals surface area contributed by atoms with Crippen molar-refractivity contribution in [3.8, 4) is 0 Å². The van der Waals surface area contributed by atoms with Gasteiger partial charge in [0, 0.05) is 38.3 Å². The predicted octanol–water partition coefficient (Wildman–Crippen LogP) is 2.91. The fourth-order valence-corrected chi connectivity index (χ4v) is 3.39. The predicted molar refractivity (Wildman–Crippen MR) is 97.5 cm³/mol. The lowest BCUT2D eigenvalue weighted by molar-refractivity contribution is 0.0258. The van der Waals surface area contributed by atoms with Crippen LogP contribution in [0.4, 0.5) is 10.6 Å². The van der Waals surface area contributed by atoms with E-state index in [9.17, 15) is 4.79 Å². The molecule has 0 N–H and O–H groups in total. The molecule has 1 aromatic heterocycles. The molecule has 0 saturated carbocycles. The first-order valence-corrected chi connectivity index (χ1v) is 9.20. The molecular formula is C18H26ClN3O3. The highest BCUT2D eigenvalue weighted by molar-refractivity contribution is 6.33. The summed E-state index contributed by atoms with van der Waals surface area (Å²) in [7, 11) is 0. The summed E-state index contributed by atoms with van der Waals surface area (Å²) in [6, 6.07) is 2.01. The standard InChI is InChI=1S/C18H26ClN3O3/c1-18(2,3)25-17(23)22-6-4-13-12-14(19)16(20-15(13)5-7-22)21-8-10-24-11-9-21/h12H,4-11H2,1-3H3. The maximum absolute atomic E-state index is 12.3. The zero-order chi connectivity index (χ0) is 18.0. The van der Waals surface area contributed by atoms with Crippen molar-refractivity contribution in [2.24, 2.45) is 0 Å². The monoisotopic (exact) mass is 367 g/mol. The van der Waals surface area contributed by atoms with Gasteiger partial charge in [0.15, 0.2) is 0 Å². The van der Waals surface area contributed by atoms with E-state index in [1.54, 1.807) is 4.90 Å². The molecule has 0 aliphatic carbocycles. The van der Waals surface area contributed by atoms with Crippen molar-refractivity contribution in [3.63, 3.8) is 0 Å². The molecule has 7 heteroatoms. The van der Waals surface area contributed by atoms with Crippen LogP contribution in [0.1, 0.15) is 32.0 Å². The summed E-state index contributed by atoms with van der Waals surface area (Å²) in [5.74, 6) is 0.828. The second-order valence-electron chi connectivity index (χ2n) is 7.47. The number of fused-ring (bicyclic) bond motifs is 1. The molecule has 1 amide bonds. The summed E-state index contributed by atoms with van der Waals surface area (Å²) < 4.78 is 10.9. The molecular weight excluding hydrogens is 342 g/mol. The van der Waals surface area contributed by atoms with Gasteiger partial charge in [-0.1, -0.05) is 11.6 Å². The fourth-order valence-electron chi connectivity index (χ4n) is 3.10. The summed E-state index contributed by atoms with van der Waals surface area (Å²) in [5.41, 5.74) is 1.66. The van der Waals surface area contributed by atoms with Gasteiger partial charge < -0.3 is 19.3 Å². The van der Waals surface area contributed by atoms with E-state index in [1.165, 1.54) is 0 Å². The number of rotatable bonds is 1. The zero-order valence-electron chi connectivity index (χ0n) is 15.2. The molecule has 2 aliphatic rings. The van der Waals surface area contributed by atoms with Crippen LogP contribution in [0.3, 0.4) is 0 Å². The summed E-state index contributed by atoms with van der Waals surface area (Å²) >= 11 is 6.48. The van der Waals surface area contributed by atoms with E-state index in [2.05, 4.69) is 4.90 Å². The number of halogens is 1. The van der Waals surface area contributed by atoms with Crippen molar-refractivity contribution in [1.82, 2.24) is 9.88 Å². The zero-order valence-corrected chi connectivity index (χ0v) is 15.9. The van der Waals surface area contributed by atoms with Crippen LogP contribution in [-0.4, -0.2) is 61.0 Å². The molecule has 0 bridgehead atoms. The molecule has 25 heavy (non-hydrogen) atoms. The van der Waals surface area contributed by atoms with Crippen molar-refractivity contribution >= 4 is 23.5 Å². The Bertz CT molecular complexity index is 639. The number of amides is 1. The minimum Gasteiger partial charge on any atom is -0.444 e. The first-order chi connectivity index (χ1) is 11.8. The van der Waals surface area contributed by atoms with Gasteiger partial charge in [0.05, 0.1) is 18.2 Å². The SMILES string of the molecule is CC(C)(C)OC(=O)N1CCc2cc(Cl)c(N3CCOCC3)nc2CC1. The number of aromatic nitrogens is 1. The van der Waals surface area contributed by atoms with Crippen LogP contribution in [0.25, 0.3) is 0 Å². The van der Waals surface area contributed by atoms with E-state index in [0.717, 1.165) is 36.6 Å². The molecule has 0 unspecified atom stereocenters. The smallest absolute Gasteiger partial charge is 0.410 e. The Hall–Kier alpha value is -1.53. The second kappa shape index (κ2) is 7.38. The maximum atomic E-state index is 12.3. The molecule has 3 heterocycles. The Labute approximate surface area is 154 Å². The van der Waals surface area contributed by atoms with Crippen molar-refractivity contribution in [3.05, 3.63) is 22.3 Å². The van der Waals surface area contributed by atoms with E-state index >= 15 is 0 Å². The maximum Gasteiger partial charge on any atom is 0.410 e. The van der Waals surface area contributed by atoms with Crippen LogP contribution in [0, 0.1) is 0 Å². The summed E-state index contributed by atoms with van der Waals surface area (Å²) in [6.45, 7) is 9.87. The molecule has 0 aromatic carbocycles. The number of pyridine rings is 1. The quantitative estimate of drug-likeness (QED) is 0.763. The molecule has 2 aliphatic heterocycles. The molecule has 0 radical (unpaired) electrons. The van der Waals surface area contributed by atoms with E-state index in [4.69, 9.17) is 26.1 Å². The van der Waals surface area contributed by atoms with Crippen LogP contribution >= 0.6 is 11.6 Å². The first kappa shape index (κ1) is 18.3. The lowest BCUT2D eigenvalue weighted by Gasteiger charge is -2.29. The van der Waals surface area contributed by atoms with Crippen molar-refractivity contribution in [1.29, 1.82) is 0 Å². The molecule has 1 saturated heterocycles. The Kier molecular flexibility index (Phi) is 5.39. The summed E-state index contributed by atoms with van der Waals surface area (Å²) in [4.78, 5) is 21.1. The van der Waals surface area contributed by atoms with Gasteiger partial charge in [-0.15, -0.1) is 0 Å². The van der Waals surface area contributed by atoms with Gasteiger partial charge in [-0.05, 0) is 38.8 Å². The second-order valence-corrected chi connectivity index (χ2v) is 7.87. The summed E-state index contributed by atoms with van der Waals surface area (Å²) in [6.07, 6.45) is 1.19. The topological polar surface area (TPSA) is 54.9 Å². The van der Waals surface area contributed by atoms with Crippen LogP contribution in [0.2, 0.25) is 5.02 Å². The average Bonchev–Trinajstić information content (AvgIpc) is 2.75. The van der Waals surface area contributed by atoms with Gasteiger partial charge in [-0.3, -0.25) is 0 Å². The van der Waals surface area contributed by atoms with Gasteiger partial charge >= 0.3 is 6.09 Å². The molecule has 0 atom stereocenters. The minimum atomic E-state index is -0.485. The van der Waals surface area contributed by atoms with E-state index in [0.29, 0.717) is 37.7 Å². The third-order valence-electron chi connectivity index (χ3n) is 4.36. The van der Waals surface area contributed by atoms with Gasteiger partial charge in [0.2, 0.25) is 0 Å². The van der Waals surface area contributed by atoms with Crippen LogP contribution in [-0.2, 0) is 22.3 Å². The Balaban J connectivity index is 1.74. The molecule has 3 rings (SSSR count). The Morgan fingerprint density at radius 3 is 2.56 bits per heavy atom. The number of morpholine rings is 1. The average molecular weight is 368 g/mol. The van der Waals surface area contributed by atoms with Crippen molar-refractivity contribution in [2.75, 3.05) is 44.3 Å². The van der Waals surface area contributed by atoms with Gasteiger partial charge in [0.1, 0.15) is 11.4 Å². The summed E-state index contributed by atoms with van der Waals surface area (Å²) in [5, 5.41) is 0.673. The lowest BCUT2D eigenvalue weighted by Crippen LogP contribution is -2.38. The van der Waals surface area contributed by atoms with Crippen LogP contribution < -0.4 is 4.90 Å². The van der Waals surface area contributed by atoms with Gasteiger partial charge in [0.25, 0.3) is 0 Å². The van der Waals surface area contributed by atoms with E-state index < -0.39 is 5.60 Å². The van der Waals surface area contributed by atoms with Crippen molar-refractivity contribution < 1.29 is 14.3 Å². The minimum absolute atomic E-state index is 0.264. The number of hydrogen-bond donors (Lipinski definition) is 0. The molecule has 138 valence electrons. The number of hydrogen-bond acceptors (Lipinski definition) is 5. The molecule has 1 fully saturated rings. The molecule has 6 nitrogen and oxygen atoms in total. The number of anilines is 1. The van der Waals surface area contributed by atoms with Crippen LogP contribution in [0.5, 0.6) is 0 Å². The highest BCUT2D eigenvalue weighted by atomic mass is 35.5. The Morgan fingerprint density at radius 1 is 1.20 bits per heavy atom. The van der Waals surface area contributed by atoms with E-state index in [-0.39, 0.29) is 6.09 Å². The largest absolute Gasteiger partial charge is 0.444 e. The fraction of sp³-hybridized carbons (Fsp3) is 0.667. The van der Waals surface area contributed by atoms with Crippen LogP contribution in [0.15, 0.2) is 6.07 Å². The molecule has 1 aromatic rings. The third-order valence-corrected chi connectivity index (χ3v) is 4.64. The van der Waals surface area contributed by atoms with E-state index in [1.807, 2.05) is 26.8 Å². The molecule has 0 spiro atoms. The highest BCUT2D eigenvalue weighted by Crippen LogP contribution is 2.29. The number of carbonyl (C=O) groups is 1. The third kappa shape index (κ3) is 4.55. The number of nitrogens with zero attached hydrogens (tertiary/aromatic N) is 3.